The highest BCUT2D eigenvalue weighted by Gasteiger charge is 1.95. The van der Waals surface area contributed by atoms with E-state index in [1.165, 1.54) is 0 Å². The predicted molar refractivity (Wildman–Crippen MR) is 85.8 cm³/mol. The summed E-state index contributed by atoms with van der Waals surface area (Å²) in [6.45, 7) is 6.94. The minimum Gasteiger partial charge on any atom is -0.352 e. The van der Waals surface area contributed by atoms with Gasteiger partial charge in [0.1, 0.15) is 0 Å². The van der Waals surface area contributed by atoms with E-state index in [0.717, 1.165) is 25.7 Å². The molecule has 0 saturated carbocycles. The van der Waals surface area contributed by atoms with Gasteiger partial charge in [-0.05, 0) is 30.6 Å². The summed E-state index contributed by atoms with van der Waals surface area (Å²) < 4.78 is 0. The highest BCUT2D eigenvalue weighted by molar-refractivity contribution is 5.87. The van der Waals surface area contributed by atoms with Gasteiger partial charge in [-0.3, -0.25) is 4.79 Å². The van der Waals surface area contributed by atoms with Crippen molar-refractivity contribution < 1.29 is 4.79 Å². The fourth-order valence-electron chi connectivity index (χ4n) is 1.18. The number of amides is 1. The smallest absolute Gasteiger partial charge is 0.243 e. The molecule has 0 aromatic carbocycles. The molecule has 1 N–H and O–H groups in total. The Hall–Kier alpha value is -1.93. The molecule has 0 heterocycles. The van der Waals surface area contributed by atoms with Crippen molar-refractivity contribution in [2.75, 3.05) is 6.54 Å². The number of hydrogen-bond acceptors (Lipinski definition) is 1. The van der Waals surface area contributed by atoms with Crippen LogP contribution in [0.15, 0.2) is 24.3 Å². The Kier molecular flexibility index (Phi) is 12.2. The highest BCUT2D eigenvalue weighted by atomic mass is 16.1. The largest absolute Gasteiger partial charge is 0.352 e. The molecule has 0 aromatic heterocycles. The Morgan fingerprint density at radius 3 is 2.50 bits per heavy atom. The summed E-state index contributed by atoms with van der Waals surface area (Å²) in [6, 6.07) is 0. The highest BCUT2D eigenvalue weighted by Crippen LogP contribution is 1.90. The average molecular weight is 271 g/mol. The van der Waals surface area contributed by atoms with Crippen molar-refractivity contribution in [1.82, 2.24) is 5.32 Å². The third-order valence-electron chi connectivity index (χ3n) is 2.23. The van der Waals surface area contributed by atoms with Gasteiger partial charge in [0, 0.05) is 25.5 Å². The van der Waals surface area contributed by atoms with E-state index in [2.05, 4.69) is 49.8 Å². The summed E-state index contributed by atoms with van der Waals surface area (Å²) in [5.41, 5.74) is 0. The maximum absolute atomic E-state index is 11.3. The molecule has 1 amide bonds. The molecule has 0 aliphatic heterocycles. The number of unbranched alkanes of at least 4 members (excludes halogenated alkanes) is 2. The second-order valence-corrected chi connectivity index (χ2v) is 4.82. The molecule has 0 atom stereocenters. The maximum Gasteiger partial charge on any atom is 0.243 e. The van der Waals surface area contributed by atoms with E-state index in [9.17, 15) is 4.79 Å². The predicted octanol–water partition coefficient (Wildman–Crippen LogP) is 3.46. The van der Waals surface area contributed by atoms with Crippen molar-refractivity contribution in [3.63, 3.8) is 0 Å². The molecule has 0 spiro atoms. The van der Waals surface area contributed by atoms with Gasteiger partial charge in [-0.15, -0.1) is 0 Å². The SMILES string of the molecule is CCCC#CC#CCC/C=C/C=C/C(=O)NCC(C)C. The summed E-state index contributed by atoms with van der Waals surface area (Å²) in [6.07, 6.45) is 10.8. The molecular formula is C18H25NO. The quantitative estimate of drug-likeness (QED) is 0.327. The molecule has 0 saturated heterocycles. The van der Waals surface area contributed by atoms with Crippen molar-refractivity contribution in [3.05, 3.63) is 24.3 Å². The molecule has 2 nitrogen and oxygen atoms in total. The number of carbonyl (C=O) groups is 1. The zero-order chi connectivity index (χ0) is 15.1. The van der Waals surface area contributed by atoms with Crippen LogP contribution in [0, 0.1) is 29.6 Å². The van der Waals surface area contributed by atoms with Crippen molar-refractivity contribution in [3.8, 4) is 23.7 Å². The summed E-state index contributed by atoms with van der Waals surface area (Å²) >= 11 is 0. The molecule has 0 aromatic rings. The summed E-state index contributed by atoms with van der Waals surface area (Å²) in [7, 11) is 0. The van der Waals surface area contributed by atoms with Gasteiger partial charge in [0.2, 0.25) is 5.91 Å². The number of carbonyl (C=O) groups excluding carboxylic acids is 1. The fraction of sp³-hybridized carbons (Fsp3) is 0.500. The summed E-state index contributed by atoms with van der Waals surface area (Å²) in [5.74, 6) is 12.1. The van der Waals surface area contributed by atoms with Crippen molar-refractivity contribution in [2.24, 2.45) is 5.92 Å². The Morgan fingerprint density at radius 2 is 1.85 bits per heavy atom. The Bertz CT molecular complexity index is 436. The standard InChI is InChI=1S/C18H25NO/c1-4-5-6-7-8-9-10-11-12-13-14-15-18(20)19-16-17(2)3/h12-15,17H,4-5,10-11,16H2,1-3H3,(H,19,20)/b13-12+,15-14+. The van der Waals surface area contributed by atoms with Crippen LogP contribution >= 0.6 is 0 Å². The molecule has 0 bridgehead atoms. The van der Waals surface area contributed by atoms with Gasteiger partial charge in [0.15, 0.2) is 0 Å². The lowest BCUT2D eigenvalue weighted by atomic mass is 10.2. The number of nitrogens with one attached hydrogen (secondary N) is 1. The number of rotatable bonds is 7. The summed E-state index contributed by atoms with van der Waals surface area (Å²) in [5, 5.41) is 2.82. The molecule has 0 radical (unpaired) electrons. The lowest BCUT2D eigenvalue weighted by molar-refractivity contribution is -0.116. The molecule has 20 heavy (non-hydrogen) atoms. The van der Waals surface area contributed by atoms with Gasteiger partial charge in [-0.25, -0.2) is 0 Å². The van der Waals surface area contributed by atoms with E-state index in [-0.39, 0.29) is 5.91 Å². The average Bonchev–Trinajstić information content (AvgIpc) is 2.42. The molecular weight excluding hydrogens is 246 g/mol. The van der Waals surface area contributed by atoms with Crippen molar-refractivity contribution in [1.29, 1.82) is 0 Å². The first-order chi connectivity index (χ1) is 9.66. The van der Waals surface area contributed by atoms with E-state index in [1.54, 1.807) is 12.2 Å². The molecule has 0 unspecified atom stereocenters. The normalized spacial score (nSPS) is 10.2. The molecule has 108 valence electrons. The minimum absolute atomic E-state index is 0.0469. The Morgan fingerprint density at radius 1 is 1.15 bits per heavy atom. The van der Waals surface area contributed by atoms with Gasteiger partial charge >= 0.3 is 0 Å². The second kappa shape index (κ2) is 13.5. The number of hydrogen-bond donors (Lipinski definition) is 1. The fourth-order valence-corrected chi connectivity index (χ4v) is 1.18. The molecule has 2 heteroatoms. The minimum atomic E-state index is -0.0469. The van der Waals surface area contributed by atoms with Crippen LogP contribution in [-0.4, -0.2) is 12.5 Å². The van der Waals surface area contributed by atoms with E-state index in [4.69, 9.17) is 0 Å². The van der Waals surface area contributed by atoms with Crippen LogP contribution in [-0.2, 0) is 4.79 Å². The zero-order valence-electron chi connectivity index (χ0n) is 12.8. The number of allylic oxidation sites excluding steroid dienone is 3. The van der Waals surface area contributed by atoms with E-state index >= 15 is 0 Å². The van der Waals surface area contributed by atoms with Crippen LogP contribution in [0.5, 0.6) is 0 Å². The molecule has 0 rings (SSSR count). The van der Waals surface area contributed by atoms with Gasteiger partial charge < -0.3 is 5.32 Å². The van der Waals surface area contributed by atoms with Crippen LogP contribution < -0.4 is 5.32 Å². The zero-order valence-corrected chi connectivity index (χ0v) is 12.8. The molecule has 0 aliphatic carbocycles. The second-order valence-electron chi connectivity index (χ2n) is 4.82. The molecule has 0 fully saturated rings. The third-order valence-corrected chi connectivity index (χ3v) is 2.23. The van der Waals surface area contributed by atoms with Crippen molar-refractivity contribution >= 4 is 5.91 Å². The van der Waals surface area contributed by atoms with Gasteiger partial charge in [0.05, 0.1) is 0 Å². The first kappa shape index (κ1) is 18.1. The Balaban J connectivity index is 3.71. The maximum atomic E-state index is 11.3. The monoisotopic (exact) mass is 271 g/mol. The van der Waals surface area contributed by atoms with E-state index in [1.807, 2.05) is 12.2 Å². The van der Waals surface area contributed by atoms with E-state index < -0.39 is 0 Å². The molecule has 0 aliphatic rings. The van der Waals surface area contributed by atoms with Crippen LogP contribution in [0.25, 0.3) is 0 Å². The van der Waals surface area contributed by atoms with Gasteiger partial charge in [-0.1, -0.05) is 50.8 Å². The Labute approximate surface area is 123 Å². The lowest BCUT2D eigenvalue weighted by Crippen LogP contribution is -2.25. The first-order valence-electron chi connectivity index (χ1n) is 7.23. The van der Waals surface area contributed by atoms with Crippen LogP contribution in [0.1, 0.15) is 46.5 Å². The first-order valence-corrected chi connectivity index (χ1v) is 7.23. The van der Waals surface area contributed by atoms with Gasteiger partial charge in [0.25, 0.3) is 0 Å². The van der Waals surface area contributed by atoms with Gasteiger partial charge in [-0.2, -0.15) is 0 Å². The third kappa shape index (κ3) is 14.1. The lowest BCUT2D eigenvalue weighted by Gasteiger charge is -2.03. The van der Waals surface area contributed by atoms with Crippen LogP contribution in [0.4, 0.5) is 0 Å². The van der Waals surface area contributed by atoms with Crippen LogP contribution in [0.3, 0.4) is 0 Å². The topological polar surface area (TPSA) is 29.1 Å². The summed E-state index contributed by atoms with van der Waals surface area (Å²) in [4.78, 5) is 11.3. The van der Waals surface area contributed by atoms with Crippen LogP contribution in [0.2, 0.25) is 0 Å². The van der Waals surface area contributed by atoms with E-state index in [0.29, 0.717) is 12.5 Å². The van der Waals surface area contributed by atoms with Crippen molar-refractivity contribution in [2.45, 2.75) is 46.5 Å².